The van der Waals surface area contributed by atoms with E-state index in [1.54, 1.807) is 0 Å². The topological polar surface area (TPSA) is 115 Å². The minimum Gasteiger partial charge on any atom is -0.366 e. The van der Waals surface area contributed by atoms with Crippen LogP contribution < -0.4 is 15.6 Å². The van der Waals surface area contributed by atoms with Crippen LogP contribution in [0.4, 0.5) is 5.69 Å². The largest absolute Gasteiger partial charge is 0.366 e. The highest BCUT2D eigenvalue weighted by molar-refractivity contribution is 7.90. The standard InChI is InChI=1S/C7H9N3O3S/c8-7(11)5-1-3-6(4-2-5)10-14(9,12)13/h1-4,10H,(H2,8,11)(H2,9,12,13). The molecule has 1 aromatic rings. The van der Waals surface area contributed by atoms with Crippen molar-refractivity contribution in [2.75, 3.05) is 4.72 Å². The van der Waals surface area contributed by atoms with Gasteiger partial charge in [0.05, 0.1) is 0 Å². The Balaban J connectivity index is 2.90. The molecule has 0 bridgehead atoms. The molecule has 0 fully saturated rings. The highest BCUT2D eigenvalue weighted by Crippen LogP contribution is 2.09. The molecule has 0 aromatic heterocycles. The molecule has 0 aliphatic rings. The van der Waals surface area contributed by atoms with E-state index in [2.05, 4.69) is 0 Å². The van der Waals surface area contributed by atoms with E-state index >= 15 is 0 Å². The van der Waals surface area contributed by atoms with Crippen LogP contribution in [-0.2, 0) is 10.2 Å². The van der Waals surface area contributed by atoms with Crippen molar-refractivity contribution in [3.8, 4) is 0 Å². The van der Waals surface area contributed by atoms with Crippen LogP contribution >= 0.6 is 0 Å². The first-order chi connectivity index (χ1) is 6.38. The van der Waals surface area contributed by atoms with E-state index in [0.717, 1.165) is 0 Å². The van der Waals surface area contributed by atoms with Gasteiger partial charge in [-0.05, 0) is 24.3 Å². The maximum Gasteiger partial charge on any atom is 0.296 e. The molecule has 0 spiro atoms. The average molecular weight is 215 g/mol. The van der Waals surface area contributed by atoms with Crippen molar-refractivity contribution in [2.45, 2.75) is 0 Å². The van der Waals surface area contributed by atoms with Crippen molar-refractivity contribution in [3.05, 3.63) is 29.8 Å². The molecule has 0 atom stereocenters. The number of carbonyl (C=O) groups excluding carboxylic acids is 1. The third-order valence-electron chi connectivity index (χ3n) is 1.43. The summed E-state index contributed by atoms with van der Waals surface area (Å²) in [4.78, 5) is 10.7. The lowest BCUT2D eigenvalue weighted by Crippen LogP contribution is -2.21. The number of benzene rings is 1. The van der Waals surface area contributed by atoms with Crippen LogP contribution in [0.15, 0.2) is 24.3 Å². The Bertz CT molecular complexity index is 438. The van der Waals surface area contributed by atoms with Crippen LogP contribution in [0, 0.1) is 0 Å². The van der Waals surface area contributed by atoms with Crippen molar-refractivity contribution in [2.24, 2.45) is 10.9 Å². The summed E-state index contributed by atoms with van der Waals surface area (Å²) in [6, 6.07) is 5.58. The Morgan fingerprint density at radius 3 is 2.07 bits per heavy atom. The molecule has 7 heteroatoms. The van der Waals surface area contributed by atoms with Gasteiger partial charge in [0.15, 0.2) is 0 Å². The van der Waals surface area contributed by atoms with Gasteiger partial charge in [-0.25, -0.2) is 5.14 Å². The number of hydrogen-bond acceptors (Lipinski definition) is 3. The highest BCUT2D eigenvalue weighted by atomic mass is 32.2. The van der Waals surface area contributed by atoms with Crippen LogP contribution in [0.5, 0.6) is 0 Å². The highest BCUT2D eigenvalue weighted by Gasteiger charge is 2.03. The summed E-state index contributed by atoms with van der Waals surface area (Å²) in [6.45, 7) is 0. The second-order valence-corrected chi connectivity index (χ2v) is 3.88. The maximum absolute atomic E-state index is 10.7. The number of hydrogen-bond donors (Lipinski definition) is 3. The molecular formula is C7H9N3O3S. The number of anilines is 1. The van der Waals surface area contributed by atoms with Gasteiger partial charge >= 0.3 is 0 Å². The molecule has 76 valence electrons. The van der Waals surface area contributed by atoms with Crippen molar-refractivity contribution in [1.29, 1.82) is 0 Å². The SMILES string of the molecule is NC(=O)c1ccc(NS(N)(=O)=O)cc1. The number of amides is 1. The molecule has 0 unspecified atom stereocenters. The van der Waals surface area contributed by atoms with Crippen LogP contribution in [-0.4, -0.2) is 14.3 Å². The number of nitrogens with two attached hydrogens (primary N) is 2. The smallest absolute Gasteiger partial charge is 0.296 e. The lowest BCUT2D eigenvalue weighted by molar-refractivity contribution is 0.100. The zero-order chi connectivity index (χ0) is 10.8. The predicted octanol–water partition coefficient (Wildman–Crippen LogP) is -0.599. The second-order valence-electron chi connectivity index (χ2n) is 2.59. The summed E-state index contributed by atoms with van der Waals surface area (Å²) in [5.74, 6) is -0.577. The minimum atomic E-state index is -3.78. The Kier molecular flexibility index (Phi) is 2.73. The van der Waals surface area contributed by atoms with Crippen LogP contribution in [0.25, 0.3) is 0 Å². The molecule has 1 aromatic carbocycles. The van der Waals surface area contributed by atoms with Crippen LogP contribution in [0.2, 0.25) is 0 Å². The molecule has 0 aliphatic carbocycles. The number of rotatable bonds is 3. The van der Waals surface area contributed by atoms with E-state index in [0.29, 0.717) is 5.56 Å². The Morgan fingerprint density at radius 1 is 1.21 bits per heavy atom. The lowest BCUT2D eigenvalue weighted by atomic mass is 10.2. The monoisotopic (exact) mass is 215 g/mol. The van der Waals surface area contributed by atoms with Crippen LogP contribution in [0.1, 0.15) is 10.4 Å². The van der Waals surface area contributed by atoms with Gasteiger partial charge in [0, 0.05) is 11.3 Å². The van der Waals surface area contributed by atoms with Gasteiger partial charge in [0.25, 0.3) is 10.2 Å². The third-order valence-corrected chi connectivity index (χ3v) is 1.95. The average Bonchev–Trinajstić information content (AvgIpc) is 2.02. The molecule has 14 heavy (non-hydrogen) atoms. The van der Waals surface area contributed by atoms with Gasteiger partial charge in [0.2, 0.25) is 5.91 Å². The van der Waals surface area contributed by atoms with Gasteiger partial charge in [-0.2, -0.15) is 8.42 Å². The quantitative estimate of drug-likeness (QED) is 0.625. The van der Waals surface area contributed by atoms with Crippen molar-refractivity contribution in [3.63, 3.8) is 0 Å². The summed E-state index contributed by atoms with van der Waals surface area (Å²) < 4.78 is 23.2. The summed E-state index contributed by atoms with van der Waals surface area (Å²) in [7, 11) is -3.78. The van der Waals surface area contributed by atoms with Gasteiger partial charge in [-0.3, -0.25) is 9.52 Å². The zero-order valence-electron chi connectivity index (χ0n) is 7.10. The maximum atomic E-state index is 10.7. The molecule has 1 amide bonds. The fourth-order valence-corrected chi connectivity index (χ4v) is 1.33. The Labute approximate surface area is 81.1 Å². The summed E-state index contributed by atoms with van der Waals surface area (Å²) >= 11 is 0. The van der Waals surface area contributed by atoms with E-state index in [4.69, 9.17) is 10.9 Å². The molecule has 0 saturated carbocycles. The molecule has 0 saturated heterocycles. The fraction of sp³-hybridized carbons (Fsp3) is 0. The van der Waals surface area contributed by atoms with Gasteiger partial charge < -0.3 is 5.73 Å². The van der Waals surface area contributed by atoms with E-state index in [1.807, 2.05) is 4.72 Å². The summed E-state index contributed by atoms with van der Waals surface area (Å²) in [6.07, 6.45) is 0. The molecule has 6 nitrogen and oxygen atoms in total. The zero-order valence-corrected chi connectivity index (χ0v) is 7.91. The first kappa shape index (κ1) is 10.5. The Hall–Kier alpha value is -1.60. The Morgan fingerprint density at radius 2 is 1.71 bits per heavy atom. The van der Waals surface area contributed by atoms with E-state index < -0.39 is 16.1 Å². The molecule has 0 aliphatic heterocycles. The van der Waals surface area contributed by atoms with Crippen molar-refractivity contribution >= 4 is 21.8 Å². The predicted molar refractivity (Wildman–Crippen MR) is 51.7 cm³/mol. The molecule has 0 radical (unpaired) electrons. The summed E-state index contributed by atoms with van der Waals surface area (Å²) in [5.41, 5.74) is 5.56. The minimum absolute atomic E-state index is 0.275. The van der Waals surface area contributed by atoms with E-state index in [-0.39, 0.29) is 5.69 Å². The van der Waals surface area contributed by atoms with E-state index in [1.165, 1.54) is 24.3 Å². The molecule has 5 N–H and O–H groups in total. The summed E-state index contributed by atoms with van der Waals surface area (Å²) in [5, 5.41) is 4.73. The third kappa shape index (κ3) is 3.04. The fourth-order valence-electron chi connectivity index (χ4n) is 0.867. The van der Waals surface area contributed by atoms with Crippen molar-refractivity contribution < 1.29 is 13.2 Å². The van der Waals surface area contributed by atoms with Gasteiger partial charge in [-0.15, -0.1) is 0 Å². The van der Waals surface area contributed by atoms with Crippen LogP contribution in [0.3, 0.4) is 0 Å². The normalized spacial score (nSPS) is 10.9. The van der Waals surface area contributed by atoms with Gasteiger partial charge in [-0.1, -0.05) is 0 Å². The first-order valence-corrected chi connectivity index (χ1v) is 5.13. The van der Waals surface area contributed by atoms with Gasteiger partial charge in [0.1, 0.15) is 0 Å². The molecule has 0 heterocycles. The second kappa shape index (κ2) is 3.64. The van der Waals surface area contributed by atoms with E-state index in [9.17, 15) is 13.2 Å². The molecular weight excluding hydrogens is 206 g/mol. The number of primary amides is 1. The molecule has 1 rings (SSSR count). The van der Waals surface area contributed by atoms with Crippen molar-refractivity contribution in [1.82, 2.24) is 0 Å². The first-order valence-electron chi connectivity index (χ1n) is 3.59. The lowest BCUT2D eigenvalue weighted by Gasteiger charge is -2.03. The number of carbonyl (C=O) groups is 1. The number of nitrogens with one attached hydrogen (secondary N) is 1.